The molecule has 0 saturated carbocycles. The normalized spacial score (nSPS) is 19.7. The summed E-state index contributed by atoms with van der Waals surface area (Å²) in [6.45, 7) is 6.74. The first-order valence-corrected chi connectivity index (χ1v) is 5.11. The smallest absolute Gasteiger partial charge is 0.0780 e. The molecular weight excluding hydrogens is 168 g/mol. The molecule has 0 atom stereocenters. The average Bonchev–Trinajstić information content (AvgIpc) is 2.06. The molecule has 12 heavy (non-hydrogen) atoms. The summed E-state index contributed by atoms with van der Waals surface area (Å²) in [5.74, 6) is 0. The molecule has 0 spiro atoms. The molecule has 1 aliphatic heterocycles. The van der Waals surface area contributed by atoms with Crippen molar-refractivity contribution in [2.75, 3.05) is 33.2 Å². The van der Waals surface area contributed by atoms with Gasteiger partial charge in [-0.2, -0.15) is 0 Å². The largest absolute Gasteiger partial charge is 0.364 e. The molecule has 0 unspecified atom stereocenters. The zero-order chi connectivity index (χ0) is 8.97. The maximum absolute atomic E-state index is 5.32. The van der Waals surface area contributed by atoms with Crippen LogP contribution in [0.5, 0.6) is 0 Å². The van der Waals surface area contributed by atoms with Gasteiger partial charge >= 0.3 is 0 Å². The predicted octanol–water partition coefficient (Wildman–Crippen LogP) is 1.36. The van der Waals surface area contributed by atoms with Crippen LogP contribution >= 0.6 is 12.2 Å². The number of thiocarbonyl (C=S) groups is 1. The van der Waals surface area contributed by atoms with Crippen molar-refractivity contribution in [3.8, 4) is 0 Å². The topological polar surface area (TPSA) is 6.48 Å². The summed E-state index contributed by atoms with van der Waals surface area (Å²) in [7, 11) is 2.17. The Hall–Kier alpha value is -0.150. The maximum Gasteiger partial charge on any atom is 0.0780 e. The van der Waals surface area contributed by atoms with Crippen LogP contribution in [0.25, 0.3) is 0 Å². The van der Waals surface area contributed by atoms with Gasteiger partial charge in [0.25, 0.3) is 0 Å². The number of likely N-dealkylation sites (N-methyl/N-ethyl adjacent to an activating group) is 1. The molecule has 1 rings (SSSR count). The van der Waals surface area contributed by atoms with Gasteiger partial charge in [-0.3, -0.25) is 0 Å². The zero-order valence-electron chi connectivity index (χ0n) is 8.05. The molecule has 70 valence electrons. The molecule has 0 aromatic heterocycles. The van der Waals surface area contributed by atoms with Gasteiger partial charge in [-0.1, -0.05) is 19.1 Å². The van der Waals surface area contributed by atoms with Crippen molar-refractivity contribution in [2.24, 2.45) is 0 Å². The number of nitrogens with zero attached hydrogens (tertiary/aromatic N) is 2. The van der Waals surface area contributed by atoms with Crippen molar-refractivity contribution in [1.82, 2.24) is 9.80 Å². The summed E-state index contributed by atoms with van der Waals surface area (Å²) in [5.41, 5.74) is 0. The Labute approximate surface area is 80.5 Å². The van der Waals surface area contributed by atoms with E-state index in [1.165, 1.54) is 6.42 Å². The fraction of sp³-hybridized carbons (Fsp3) is 0.889. The van der Waals surface area contributed by atoms with Gasteiger partial charge in [-0.05, 0) is 19.9 Å². The Morgan fingerprint density at radius 3 is 2.33 bits per heavy atom. The minimum Gasteiger partial charge on any atom is -0.364 e. The van der Waals surface area contributed by atoms with E-state index in [-0.39, 0.29) is 0 Å². The van der Waals surface area contributed by atoms with Crippen LogP contribution in [0.4, 0.5) is 0 Å². The molecule has 1 heterocycles. The molecule has 2 nitrogen and oxygen atoms in total. The van der Waals surface area contributed by atoms with Crippen molar-refractivity contribution in [3.05, 3.63) is 0 Å². The molecule has 1 aliphatic rings. The predicted molar refractivity (Wildman–Crippen MR) is 56.6 cm³/mol. The highest BCUT2D eigenvalue weighted by Gasteiger charge is 2.14. The lowest BCUT2D eigenvalue weighted by Crippen LogP contribution is -2.46. The molecule has 0 aromatic rings. The summed E-state index contributed by atoms with van der Waals surface area (Å²) >= 11 is 5.32. The van der Waals surface area contributed by atoms with E-state index < -0.39 is 0 Å². The van der Waals surface area contributed by atoms with Crippen LogP contribution in [0.3, 0.4) is 0 Å². The SMILES string of the molecule is CCCC(=S)N1CCN(C)CC1. The Balaban J connectivity index is 2.29. The van der Waals surface area contributed by atoms with Crippen LogP contribution in [0.1, 0.15) is 19.8 Å². The number of rotatable bonds is 2. The third-order valence-corrected chi connectivity index (χ3v) is 2.78. The fourth-order valence-corrected chi connectivity index (χ4v) is 1.81. The summed E-state index contributed by atoms with van der Waals surface area (Å²) in [6, 6.07) is 0. The van der Waals surface area contributed by atoms with Crippen LogP contribution in [-0.4, -0.2) is 48.0 Å². The van der Waals surface area contributed by atoms with E-state index in [4.69, 9.17) is 12.2 Å². The number of hydrogen-bond donors (Lipinski definition) is 0. The zero-order valence-corrected chi connectivity index (χ0v) is 8.86. The summed E-state index contributed by atoms with van der Waals surface area (Å²) in [4.78, 5) is 5.86. The molecule has 0 radical (unpaired) electrons. The van der Waals surface area contributed by atoms with Gasteiger partial charge in [-0.15, -0.1) is 0 Å². The van der Waals surface area contributed by atoms with Gasteiger partial charge in [0.1, 0.15) is 0 Å². The van der Waals surface area contributed by atoms with Gasteiger partial charge in [-0.25, -0.2) is 0 Å². The number of piperazine rings is 1. The van der Waals surface area contributed by atoms with Crippen molar-refractivity contribution in [3.63, 3.8) is 0 Å². The van der Waals surface area contributed by atoms with E-state index in [0.717, 1.165) is 37.6 Å². The Morgan fingerprint density at radius 1 is 1.25 bits per heavy atom. The summed E-state index contributed by atoms with van der Waals surface area (Å²) in [6.07, 6.45) is 2.25. The first kappa shape index (κ1) is 9.93. The highest BCUT2D eigenvalue weighted by atomic mass is 32.1. The van der Waals surface area contributed by atoms with Crippen LogP contribution in [0, 0.1) is 0 Å². The van der Waals surface area contributed by atoms with Gasteiger partial charge in [0.2, 0.25) is 0 Å². The Morgan fingerprint density at radius 2 is 1.83 bits per heavy atom. The van der Waals surface area contributed by atoms with E-state index >= 15 is 0 Å². The lowest BCUT2D eigenvalue weighted by molar-refractivity contribution is 0.215. The van der Waals surface area contributed by atoms with E-state index in [9.17, 15) is 0 Å². The molecule has 0 bridgehead atoms. The lowest BCUT2D eigenvalue weighted by atomic mass is 10.2. The van der Waals surface area contributed by atoms with Gasteiger partial charge in [0, 0.05) is 26.2 Å². The monoisotopic (exact) mass is 186 g/mol. The summed E-state index contributed by atoms with van der Waals surface area (Å²) < 4.78 is 0. The molecule has 0 N–H and O–H groups in total. The van der Waals surface area contributed by atoms with Gasteiger partial charge in [0.15, 0.2) is 0 Å². The molecular formula is C9H18N2S. The van der Waals surface area contributed by atoms with Crippen molar-refractivity contribution in [1.29, 1.82) is 0 Å². The fourth-order valence-electron chi connectivity index (χ4n) is 1.43. The minimum atomic E-state index is 1.08. The van der Waals surface area contributed by atoms with Crippen LogP contribution in [-0.2, 0) is 0 Å². The quantitative estimate of drug-likeness (QED) is 0.601. The standard InChI is InChI=1S/C9H18N2S/c1-3-4-9(12)11-7-5-10(2)6-8-11/h3-8H2,1-2H3. The first-order valence-electron chi connectivity index (χ1n) is 4.70. The molecule has 0 amide bonds. The second-order valence-electron chi connectivity index (χ2n) is 3.43. The van der Waals surface area contributed by atoms with Gasteiger partial charge in [0.05, 0.1) is 4.99 Å². The maximum atomic E-state index is 5.32. The van der Waals surface area contributed by atoms with E-state index in [1.54, 1.807) is 0 Å². The molecule has 3 heteroatoms. The minimum absolute atomic E-state index is 1.08. The molecule has 0 aliphatic carbocycles. The Kier molecular flexibility index (Phi) is 3.95. The van der Waals surface area contributed by atoms with Crippen molar-refractivity contribution >= 4 is 17.2 Å². The number of hydrogen-bond acceptors (Lipinski definition) is 2. The summed E-state index contributed by atoms with van der Waals surface area (Å²) in [5, 5.41) is 0. The Bertz CT molecular complexity index is 151. The third-order valence-electron chi connectivity index (χ3n) is 2.32. The van der Waals surface area contributed by atoms with Crippen LogP contribution in [0.15, 0.2) is 0 Å². The molecule has 1 fully saturated rings. The second-order valence-corrected chi connectivity index (χ2v) is 3.91. The average molecular weight is 186 g/mol. The van der Waals surface area contributed by atoms with E-state index in [2.05, 4.69) is 23.8 Å². The molecule has 1 saturated heterocycles. The van der Waals surface area contributed by atoms with E-state index in [1.807, 2.05) is 0 Å². The first-order chi connectivity index (χ1) is 5.74. The van der Waals surface area contributed by atoms with Gasteiger partial charge < -0.3 is 9.80 Å². The molecule has 0 aromatic carbocycles. The van der Waals surface area contributed by atoms with Crippen molar-refractivity contribution < 1.29 is 0 Å². The highest BCUT2D eigenvalue weighted by Crippen LogP contribution is 2.04. The van der Waals surface area contributed by atoms with Crippen LogP contribution in [0.2, 0.25) is 0 Å². The highest BCUT2D eigenvalue weighted by molar-refractivity contribution is 7.80. The lowest BCUT2D eigenvalue weighted by Gasteiger charge is -2.34. The third kappa shape index (κ3) is 2.72. The van der Waals surface area contributed by atoms with Crippen molar-refractivity contribution in [2.45, 2.75) is 19.8 Å². The van der Waals surface area contributed by atoms with Crippen LogP contribution < -0.4 is 0 Å². The second kappa shape index (κ2) is 4.77. The van der Waals surface area contributed by atoms with E-state index in [0.29, 0.717) is 0 Å².